The van der Waals surface area contributed by atoms with Crippen LogP contribution in [0.2, 0.25) is 10.2 Å². The number of hydrogen-bond acceptors (Lipinski definition) is 5. The molecule has 0 aliphatic rings. The van der Waals surface area contributed by atoms with E-state index in [0.29, 0.717) is 5.02 Å². The van der Waals surface area contributed by atoms with Gasteiger partial charge in [-0.2, -0.15) is 4.98 Å². The van der Waals surface area contributed by atoms with Gasteiger partial charge in [-0.3, -0.25) is 4.72 Å². The SMILES string of the molecule is COc1nc(Cl)cnc1NS(=O)(=O)c1cccc(Cl)c1. The maximum absolute atomic E-state index is 12.2. The maximum atomic E-state index is 12.2. The van der Waals surface area contributed by atoms with Crippen LogP contribution in [0.5, 0.6) is 5.88 Å². The molecular weight excluding hydrogens is 325 g/mol. The van der Waals surface area contributed by atoms with E-state index in [1.807, 2.05) is 0 Å². The van der Waals surface area contributed by atoms with Crippen LogP contribution in [-0.2, 0) is 10.0 Å². The lowest BCUT2D eigenvalue weighted by atomic mass is 10.4. The lowest BCUT2D eigenvalue weighted by molar-refractivity contribution is 0.398. The Balaban J connectivity index is 2.38. The highest BCUT2D eigenvalue weighted by molar-refractivity contribution is 7.92. The molecule has 1 heterocycles. The Morgan fingerprint density at radius 3 is 2.70 bits per heavy atom. The van der Waals surface area contributed by atoms with E-state index >= 15 is 0 Å². The van der Waals surface area contributed by atoms with E-state index in [-0.39, 0.29) is 21.7 Å². The molecular formula is C11H9Cl2N3O3S. The van der Waals surface area contributed by atoms with E-state index in [2.05, 4.69) is 14.7 Å². The Morgan fingerprint density at radius 1 is 1.30 bits per heavy atom. The highest BCUT2D eigenvalue weighted by atomic mass is 35.5. The average molecular weight is 334 g/mol. The summed E-state index contributed by atoms with van der Waals surface area (Å²) in [6, 6.07) is 5.83. The number of nitrogens with one attached hydrogen (secondary N) is 1. The summed E-state index contributed by atoms with van der Waals surface area (Å²) in [6.07, 6.45) is 1.21. The molecule has 6 nitrogen and oxygen atoms in total. The van der Waals surface area contributed by atoms with Crippen molar-refractivity contribution < 1.29 is 13.2 Å². The number of hydrogen-bond donors (Lipinski definition) is 1. The maximum Gasteiger partial charge on any atom is 0.263 e. The average Bonchev–Trinajstić information content (AvgIpc) is 2.40. The van der Waals surface area contributed by atoms with Crippen LogP contribution in [0, 0.1) is 0 Å². The van der Waals surface area contributed by atoms with E-state index in [1.165, 1.54) is 31.5 Å². The van der Waals surface area contributed by atoms with Gasteiger partial charge in [0.25, 0.3) is 15.9 Å². The van der Waals surface area contributed by atoms with Crippen LogP contribution in [-0.4, -0.2) is 25.5 Å². The highest BCUT2D eigenvalue weighted by Gasteiger charge is 2.18. The molecule has 0 saturated heterocycles. The molecule has 2 rings (SSSR count). The Morgan fingerprint density at radius 2 is 2.05 bits per heavy atom. The largest absolute Gasteiger partial charge is 0.478 e. The van der Waals surface area contributed by atoms with E-state index < -0.39 is 10.0 Å². The molecule has 0 radical (unpaired) electrons. The lowest BCUT2D eigenvalue weighted by Crippen LogP contribution is -2.15. The molecule has 0 fully saturated rings. The summed E-state index contributed by atoms with van der Waals surface area (Å²) >= 11 is 11.4. The molecule has 0 unspecified atom stereocenters. The normalized spacial score (nSPS) is 11.2. The number of benzene rings is 1. The van der Waals surface area contributed by atoms with Crippen molar-refractivity contribution in [3.05, 3.63) is 40.6 Å². The van der Waals surface area contributed by atoms with Crippen molar-refractivity contribution in [2.75, 3.05) is 11.8 Å². The number of ether oxygens (including phenoxy) is 1. The van der Waals surface area contributed by atoms with Crippen molar-refractivity contribution in [3.8, 4) is 5.88 Å². The number of nitrogens with zero attached hydrogens (tertiary/aromatic N) is 2. The molecule has 1 aromatic heterocycles. The Bertz CT molecular complexity index is 737. The van der Waals surface area contributed by atoms with Crippen LogP contribution < -0.4 is 9.46 Å². The van der Waals surface area contributed by atoms with Gasteiger partial charge in [-0.15, -0.1) is 0 Å². The Hall–Kier alpha value is -1.57. The number of halogens is 2. The summed E-state index contributed by atoms with van der Waals surface area (Å²) in [5, 5.41) is 0.398. The van der Waals surface area contributed by atoms with E-state index in [4.69, 9.17) is 27.9 Å². The molecule has 2 aromatic rings. The molecule has 20 heavy (non-hydrogen) atoms. The minimum atomic E-state index is -3.84. The van der Waals surface area contributed by atoms with E-state index in [9.17, 15) is 8.42 Å². The molecule has 1 N–H and O–H groups in total. The minimum Gasteiger partial charge on any atom is -0.478 e. The second-order valence-corrected chi connectivity index (χ2v) is 6.12. The monoisotopic (exact) mass is 333 g/mol. The van der Waals surface area contributed by atoms with Gasteiger partial charge in [-0.1, -0.05) is 29.3 Å². The fraction of sp³-hybridized carbons (Fsp3) is 0.0909. The first-order chi connectivity index (χ1) is 9.42. The van der Waals surface area contributed by atoms with Gasteiger partial charge >= 0.3 is 0 Å². The van der Waals surface area contributed by atoms with Crippen molar-refractivity contribution in [1.82, 2.24) is 9.97 Å². The topological polar surface area (TPSA) is 81.2 Å². The third kappa shape index (κ3) is 3.30. The number of methoxy groups -OCH3 is 1. The summed E-state index contributed by atoms with van der Waals surface area (Å²) < 4.78 is 31.5. The highest BCUT2D eigenvalue weighted by Crippen LogP contribution is 2.24. The fourth-order valence-electron chi connectivity index (χ4n) is 1.38. The first kappa shape index (κ1) is 14.8. The van der Waals surface area contributed by atoms with Gasteiger partial charge in [0, 0.05) is 5.02 Å². The molecule has 0 amide bonds. The van der Waals surface area contributed by atoms with Crippen LogP contribution in [0.4, 0.5) is 5.82 Å². The van der Waals surface area contributed by atoms with Crippen LogP contribution in [0.1, 0.15) is 0 Å². The van der Waals surface area contributed by atoms with Gasteiger partial charge in [0.2, 0.25) is 5.82 Å². The van der Waals surface area contributed by atoms with E-state index in [0.717, 1.165) is 0 Å². The molecule has 106 valence electrons. The van der Waals surface area contributed by atoms with Gasteiger partial charge in [-0.05, 0) is 18.2 Å². The van der Waals surface area contributed by atoms with Crippen molar-refractivity contribution in [1.29, 1.82) is 0 Å². The number of rotatable bonds is 4. The van der Waals surface area contributed by atoms with Crippen molar-refractivity contribution in [3.63, 3.8) is 0 Å². The third-order valence-electron chi connectivity index (χ3n) is 2.24. The Labute approximate surface area is 125 Å². The molecule has 0 aliphatic carbocycles. The van der Waals surface area contributed by atoms with E-state index in [1.54, 1.807) is 6.07 Å². The predicted octanol–water partition coefficient (Wildman–Crippen LogP) is 2.59. The van der Waals surface area contributed by atoms with Crippen molar-refractivity contribution in [2.24, 2.45) is 0 Å². The summed E-state index contributed by atoms with van der Waals surface area (Å²) in [6.45, 7) is 0. The van der Waals surface area contributed by atoms with Gasteiger partial charge in [0.15, 0.2) is 5.15 Å². The quantitative estimate of drug-likeness (QED) is 0.929. The number of aromatic nitrogens is 2. The molecule has 0 atom stereocenters. The second-order valence-electron chi connectivity index (χ2n) is 3.61. The first-order valence-electron chi connectivity index (χ1n) is 5.27. The second kappa shape index (κ2) is 5.82. The van der Waals surface area contributed by atoms with Crippen LogP contribution in [0.25, 0.3) is 0 Å². The standard InChI is InChI=1S/C11H9Cl2N3O3S/c1-19-11-10(14-6-9(13)15-11)16-20(17,18)8-4-2-3-7(12)5-8/h2-6H,1H3,(H,14,16). The Kier molecular flexibility index (Phi) is 4.32. The zero-order chi connectivity index (χ0) is 14.8. The molecule has 1 aromatic carbocycles. The van der Waals surface area contributed by atoms with Gasteiger partial charge < -0.3 is 4.74 Å². The van der Waals surface area contributed by atoms with Gasteiger partial charge in [-0.25, -0.2) is 13.4 Å². The predicted molar refractivity (Wildman–Crippen MR) is 75.9 cm³/mol. The van der Waals surface area contributed by atoms with Crippen LogP contribution in [0.3, 0.4) is 0 Å². The summed E-state index contributed by atoms with van der Waals surface area (Å²) in [4.78, 5) is 7.66. The molecule has 0 saturated carbocycles. The smallest absolute Gasteiger partial charge is 0.263 e. The summed E-state index contributed by atoms with van der Waals surface area (Å²) in [5.74, 6) is -0.0834. The zero-order valence-electron chi connectivity index (χ0n) is 10.2. The lowest BCUT2D eigenvalue weighted by Gasteiger charge is -2.10. The van der Waals surface area contributed by atoms with Crippen molar-refractivity contribution in [2.45, 2.75) is 4.90 Å². The number of anilines is 1. The van der Waals surface area contributed by atoms with Gasteiger partial charge in [0.1, 0.15) is 0 Å². The summed E-state index contributed by atoms with van der Waals surface area (Å²) in [7, 11) is -2.51. The van der Waals surface area contributed by atoms with Crippen LogP contribution >= 0.6 is 23.2 Å². The molecule has 0 bridgehead atoms. The van der Waals surface area contributed by atoms with Crippen molar-refractivity contribution >= 4 is 39.0 Å². The molecule has 0 aliphatic heterocycles. The third-order valence-corrected chi connectivity index (χ3v) is 4.00. The van der Waals surface area contributed by atoms with Gasteiger partial charge in [0.05, 0.1) is 18.2 Å². The first-order valence-corrected chi connectivity index (χ1v) is 7.51. The minimum absolute atomic E-state index is 0.00352. The molecule has 9 heteroatoms. The fourth-order valence-corrected chi connectivity index (χ4v) is 2.82. The molecule has 0 spiro atoms. The zero-order valence-corrected chi connectivity index (χ0v) is 12.5. The summed E-state index contributed by atoms with van der Waals surface area (Å²) in [5.41, 5.74) is 0. The van der Waals surface area contributed by atoms with Crippen LogP contribution in [0.15, 0.2) is 35.4 Å². The number of sulfonamides is 1.